The largest absolute Gasteiger partial charge is 0.496 e. The second-order valence-electron chi connectivity index (χ2n) is 5.95. The normalized spacial score (nSPS) is 31.9. The summed E-state index contributed by atoms with van der Waals surface area (Å²) >= 11 is 0. The second kappa shape index (κ2) is 5.40. The predicted octanol–water partition coefficient (Wildman–Crippen LogP) is 2.05. The van der Waals surface area contributed by atoms with Gasteiger partial charge in [0.25, 0.3) is 0 Å². The van der Waals surface area contributed by atoms with Gasteiger partial charge < -0.3 is 19.9 Å². The molecule has 0 spiro atoms. The molecule has 2 aliphatic heterocycles. The summed E-state index contributed by atoms with van der Waals surface area (Å²) in [5, 5.41) is 14.2. The van der Waals surface area contributed by atoms with Crippen molar-refractivity contribution in [1.29, 1.82) is 0 Å². The van der Waals surface area contributed by atoms with Gasteiger partial charge in [0, 0.05) is 12.1 Å². The smallest absolute Gasteiger partial charge is 0.419 e. The lowest BCUT2D eigenvalue weighted by Crippen LogP contribution is -2.58. The van der Waals surface area contributed by atoms with E-state index in [1.165, 1.54) is 19.2 Å². The fourth-order valence-corrected chi connectivity index (χ4v) is 3.37. The van der Waals surface area contributed by atoms with E-state index in [0.29, 0.717) is 26.1 Å². The number of hydrogen-bond donors (Lipinski definition) is 2. The highest BCUT2D eigenvalue weighted by atomic mass is 19.4. The molecule has 0 amide bonds. The van der Waals surface area contributed by atoms with Crippen LogP contribution in [0.1, 0.15) is 24.0 Å². The van der Waals surface area contributed by atoms with Gasteiger partial charge in [0.2, 0.25) is 0 Å². The Bertz CT molecular complexity index is 549. The molecule has 2 unspecified atom stereocenters. The van der Waals surface area contributed by atoms with Crippen molar-refractivity contribution >= 4 is 0 Å². The van der Waals surface area contributed by atoms with Crippen LogP contribution in [0.5, 0.6) is 5.75 Å². The van der Waals surface area contributed by atoms with Gasteiger partial charge in [-0.1, -0.05) is 6.07 Å². The van der Waals surface area contributed by atoms with Crippen LogP contribution in [0.15, 0.2) is 18.2 Å². The molecule has 2 saturated heterocycles. The van der Waals surface area contributed by atoms with E-state index in [-0.39, 0.29) is 23.4 Å². The van der Waals surface area contributed by atoms with Gasteiger partial charge in [0.1, 0.15) is 5.75 Å². The SMILES string of the molecule is COc1ccc(C2(O)CC3COCC(C2)N3)cc1C(F)(F)F. The van der Waals surface area contributed by atoms with Crippen molar-refractivity contribution in [1.82, 2.24) is 5.32 Å². The van der Waals surface area contributed by atoms with E-state index in [4.69, 9.17) is 9.47 Å². The number of alkyl halides is 3. The Morgan fingerprint density at radius 3 is 2.45 bits per heavy atom. The van der Waals surface area contributed by atoms with Crippen LogP contribution in [0.3, 0.4) is 0 Å². The van der Waals surface area contributed by atoms with Crippen molar-refractivity contribution in [3.8, 4) is 5.75 Å². The number of halogens is 3. The van der Waals surface area contributed by atoms with Crippen LogP contribution in [-0.2, 0) is 16.5 Å². The fourth-order valence-electron chi connectivity index (χ4n) is 3.37. The Balaban J connectivity index is 1.97. The summed E-state index contributed by atoms with van der Waals surface area (Å²) in [7, 11) is 1.20. The van der Waals surface area contributed by atoms with Crippen LogP contribution < -0.4 is 10.1 Å². The molecule has 2 N–H and O–H groups in total. The molecule has 4 nitrogen and oxygen atoms in total. The molecule has 0 aromatic heterocycles. The van der Waals surface area contributed by atoms with Gasteiger partial charge >= 0.3 is 6.18 Å². The van der Waals surface area contributed by atoms with E-state index in [9.17, 15) is 18.3 Å². The number of morpholine rings is 1. The van der Waals surface area contributed by atoms with Gasteiger partial charge in [0.05, 0.1) is 31.5 Å². The van der Waals surface area contributed by atoms with Crippen molar-refractivity contribution in [2.75, 3.05) is 20.3 Å². The molecule has 0 saturated carbocycles. The Morgan fingerprint density at radius 1 is 1.27 bits per heavy atom. The lowest BCUT2D eigenvalue weighted by atomic mass is 9.77. The minimum absolute atomic E-state index is 0.0473. The Hall–Kier alpha value is -1.31. The topological polar surface area (TPSA) is 50.7 Å². The third-order valence-electron chi connectivity index (χ3n) is 4.32. The van der Waals surface area contributed by atoms with E-state index in [1.807, 2.05) is 0 Å². The summed E-state index contributed by atoms with van der Waals surface area (Å²) in [5.41, 5.74) is -1.86. The zero-order valence-corrected chi connectivity index (χ0v) is 12.1. The summed E-state index contributed by atoms with van der Waals surface area (Å²) < 4.78 is 49.6. The quantitative estimate of drug-likeness (QED) is 0.877. The lowest BCUT2D eigenvalue weighted by Gasteiger charge is -2.45. The van der Waals surface area contributed by atoms with Gasteiger partial charge in [-0.2, -0.15) is 13.2 Å². The molecule has 1 aromatic rings. The molecule has 2 aliphatic rings. The zero-order valence-electron chi connectivity index (χ0n) is 12.1. The standard InChI is InChI=1S/C15H18F3NO3/c1-21-13-3-2-9(4-12(13)15(16,17)18)14(20)5-10-7-22-8-11(6-14)19-10/h2-4,10-11,19-20H,5-8H2,1H3. The molecule has 2 atom stereocenters. The molecule has 122 valence electrons. The van der Waals surface area contributed by atoms with E-state index in [2.05, 4.69) is 5.32 Å². The van der Waals surface area contributed by atoms with Crippen molar-refractivity contribution in [2.45, 2.75) is 36.7 Å². The van der Waals surface area contributed by atoms with Crippen molar-refractivity contribution in [3.63, 3.8) is 0 Å². The third-order valence-corrected chi connectivity index (χ3v) is 4.32. The fraction of sp³-hybridized carbons (Fsp3) is 0.600. The van der Waals surface area contributed by atoms with E-state index in [1.54, 1.807) is 0 Å². The van der Waals surface area contributed by atoms with Crippen LogP contribution in [0.25, 0.3) is 0 Å². The van der Waals surface area contributed by atoms with Crippen LogP contribution in [0, 0.1) is 0 Å². The Kier molecular flexibility index (Phi) is 3.82. The predicted molar refractivity (Wildman–Crippen MR) is 72.7 cm³/mol. The molecule has 2 heterocycles. The lowest BCUT2D eigenvalue weighted by molar-refractivity contribution is -0.139. The average molecular weight is 317 g/mol. The van der Waals surface area contributed by atoms with E-state index >= 15 is 0 Å². The molecule has 0 radical (unpaired) electrons. The zero-order chi connectivity index (χ0) is 16.0. The van der Waals surface area contributed by atoms with E-state index in [0.717, 1.165) is 6.07 Å². The number of ether oxygens (including phenoxy) is 2. The molecule has 3 rings (SSSR count). The van der Waals surface area contributed by atoms with Gasteiger partial charge in [0.15, 0.2) is 0 Å². The number of fused-ring (bicyclic) bond motifs is 2. The van der Waals surface area contributed by atoms with Crippen LogP contribution in [0.2, 0.25) is 0 Å². The maximum absolute atomic E-state index is 13.1. The molecule has 1 aromatic carbocycles. The molecule has 2 fully saturated rings. The number of methoxy groups -OCH3 is 1. The maximum Gasteiger partial charge on any atom is 0.419 e. The first-order valence-electron chi connectivity index (χ1n) is 7.14. The Morgan fingerprint density at radius 2 is 1.91 bits per heavy atom. The van der Waals surface area contributed by atoms with Crippen molar-refractivity contribution < 1.29 is 27.8 Å². The van der Waals surface area contributed by atoms with Gasteiger partial charge in [-0.05, 0) is 30.5 Å². The van der Waals surface area contributed by atoms with Crippen LogP contribution >= 0.6 is 0 Å². The monoisotopic (exact) mass is 317 g/mol. The summed E-state index contributed by atoms with van der Waals surface area (Å²) in [6.45, 7) is 0.919. The summed E-state index contributed by atoms with van der Waals surface area (Å²) in [6, 6.07) is 3.68. The third kappa shape index (κ3) is 2.80. The summed E-state index contributed by atoms with van der Waals surface area (Å²) in [6.07, 6.45) is -3.87. The van der Waals surface area contributed by atoms with E-state index < -0.39 is 17.3 Å². The minimum atomic E-state index is -4.52. The summed E-state index contributed by atoms with van der Waals surface area (Å²) in [5.74, 6) is -0.239. The first-order chi connectivity index (χ1) is 10.3. The first-order valence-corrected chi connectivity index (χ1v) is 7.14. The minimum Gasteiger partial charge on any atom is -0.496 e. The maximum atomic E-state index is 13.1. The molecular weight excluding hydrogens is 299 g/mol. The van der Waals surface area contributed by atoms with Crippen LogP contribution in [0.4, 0.5) is 13.2 Å². The van der Waals surface area contributed by atoms with Crippen molar-refractivity contribution in [3.05, 3.63) is 29.3 Å². The highest BCUT2D eigenvalue weighted by molar-refractivity contribution is 5.41. The summed E-state index contributed by atoms with van der Waals surface area (Å²) in [4.78, 5) is 0. The molecule has 2 bridgehead atoms. The highest BCUT2D eigenvalue weighted by Gasteiger charge is 2.44. The first kappa shape index (κ1) is 15.6. The van der Waals surface area contributed by atoms with Gasteiger partial charge in [-0.15, -0.1) is 0 Å². The highest BCUT2D eigenvalue weighted by Crippen LogP contribution is 2.42. The number of hydrogen-bond acceptors (Lipinski definition) is 4. The number of nitrogens with one attached hydrogen (secondary N) is 1. The van der Waals surface area contributed by atoms with Crippen LogP contribution in [-0.4, -0.2) is 37.5 Å². The number of aliphatic hydroxyl groups is 1. The number of rotatable bonds is 2. The molecule has 7 heteroatoms. The molecule has 0 aliphatic carbocycles. The molecular formula is C15H18F3NO3. The average Bonchev–Trinajstić information content (AvgIpc) is 2.45. The van der Waals surface area contributed by atoms with Gasteiger partial charge in [-0.25, -0.2) is 0 Å². The molecule has 22 heavy (non-hydrogen) atoms. The Labute approximate surface area is 126 Å². The van der Waals surface area contributed by atoms with Gasteiger partial charge in [-0.3, -0.25) is 0 Å². The van der Waals surface area contributed by atoms with Crippen molar-refractivity contribution in [2.24, 2.45) is 0 Å². The number of benzene rings is 1. The second-order valence-corrected chi connectivity index (χ2v) is 5.95. The number of piperidine rings is 1.